The van der Waals surface area contributed by atoms with Gasteiger partial charge in [-0.15, -0.1) is 0 Å². The van der Waals surface area contributed by atoms with Crippen molar-refractivity contribution in [2.75, 3.05) is 13.2 Å². The van der Waals surface area contributed by atoms with Gasteiger partial charge in [-0.1, -0.05) is 20.8 Å². The molecule has 1 aromatic rings. The van der Waals surface area contributed by atoms with Crippen molar-refractivity contribution < 1.29 is 18.5 Å². The Kier molecular flexibility index (Phi) is 6.85. The van der Waals surface area contributed by atoms with E-state index < -0.39 is 19.1 Å². The van der Waals surface area contributed by atoms with Crippen molar-refractivity contribution >= 4 is 14.0 Å². The lowest BCUT2D eigenvalue weighted by Gasteiger charge is -2.36. The Balaban J connectivity index is 2.36. The van der Waals surface area contributed by atoms with Crippen LogP contribution in [0.25, 0.3) is 0 Å². The molecule has 0 heterocycles. The summed E-state index contributed by atoms with van der Waals surface area (Å²) in [6, 6.07) is 3.45. The van der Waals surface area contributed by atoms with Gasteiger partial charge >= 0.3 is 0 Å². The van der Waals surface area contributed by atoms with E-state index in [2.05, 4.69) is 33.9 Å². The highest BCUT2D eigenvalue weighted by Crippen LogP contribution is 2.36. The molecule has 23 heavy (non-hydrogen) atoms. The lowest BCUT2D eigenvalue weighted by molar-refractivity contribution is -0.385. The first kappa shape index (κ1) is 19.7. The van der Waals surface area contributed by atoms with Gasteiger partial charge in [0.1, 0.15) is 5.82 Å². The molecule has 0 bridgehead atoms. The highest BCUT2D eigenvalue weighted by molar-refractivity contribution is 6.74. The molecule has 5 nitrogen and oxygen atoms in total. The average Bonchev–Trinajstić information content (AvgIpc) is 2.42. The summed E-state index contributed by atoms with van der Waals surface area (Å²) in [6.07, 6.45) is 0.711. The Morgan fingerprint density at radius 1 is 1.26 bits per heavy atom. The van der Waals surface area contributed by atoms with Crippen LogP contribution in [-0.2, 0) is 15.8 Å². The lowest BCUT2D eigenvalue weighted by Crippen LogP contribution is -2.41. The average molecular weight is 343 g/mol. The van der Waals surface area contributed by atoms with Gasteiger partial charge in [-0.2, -0.15) is 0 Å². The van der Waals surface area contributed by atoms with E-state index in [0.717, 1.165) is 12.1 Å². The van der Waals surface area contributed by atoms with Crippen LogP contribution in [0.15, 0.2) is 18.2 Å². The summed E-state index contributed by atoms with van der Waals surface area (Å²) in [4.78, 5) is 10.1. The molecule has 130 valence electrons. The number of halogens is 1. The van der Waals surface area contributed by atoms with Crippen LogP contribution < -0.4 is 0 Å². The predicted octanol–water partition coefficient (Wildman–Crippen LogP) is 4.66. The van der Waals surface area contributed by atoms with E-state index in [9.17, 15) is 14.5 Å². The summed E-state index contributed by atoms with van der Waals surface area (Å²) in [5.41, 5.74) is 0.0655. The summed E-state index contributed by atoms with van der Waals surface area (Å²) in [5.74, 6) is -0.492. The minimum Gasteiger partial charge on any atom is -0.417 e. The minimum atomic E-state index is -1.75. The van der Waals surface area contributed by atoms with Gasteiger partial charge in [-0.3, -0.25) is 10.1 Å². The van der Waals surface area contributed by atoms with Crippen LogP contribution in [0, 0.1) is 15.9 Å². The van der Waals surface area contributed by atoms with Gasteiger partial charge in [0.25, 0.3) is 5.69 Å². The van der Waals surface area contributed by atoms with Gasteiger partial charge in [-0.05, 0) is 30.6 Å². The maximum Gasteiger partial charge on any atom is 0.269 e. The Labute approximate surface area is 138 Å². The van der Waals surface area contributed by atoms with Crippen LogP contribution in [0.1, 0.15) is 32.8 Å². The smallest absolute Gasteiger partial charge is 0.269 e. The van der Waals surface area contributed by atoms with E-state index in [1.54, 1.807) is 0 Å². The molecule has 0 saturated heterocycles. The number of nitrogens with zero attached hydrogens (tertiary/aromatic N) is 1. The zero-order valence-electron chi connectivity index (χ0n) is 14.5. The zero-order valence-corrected chi connectivity index (χ0v) is 15.5. The number of rotatable bonds is 8. The molecule has 0 aliphatic rings. The monoisotopic (exact) mass is 343 g/mol. The third-order valence-corrected chi connectivity index (χ3v) is 8.74. The second-order valence-electron chi connectivity index (χ2n) is 7.05. The number of ether oxygens (including phenoxy) is 1. The number of hydrogen-bond acceptors (Lipinski definition) is 4. The highest BCUT2D eigenvalue weighted by Gasteiger charge is 2.36. The Hall–Kier alpha value is -1.31. The number of benzene rings is 1. The Bertz CT molecular complexity index is 543. The molecule has 0 fully saturated rings. The summed E-state index contributed by atoms with van der Waals surface area (Å²) in [5, 5.41) is 10.9. The van der Waals surface area contributed by atoms with Gasteiger partial charge in [0.2, 0.25) is 0 Å². The predicted molar refractivity (Wildman–Crippen MR) is 90.5 cm³/mol. The fourth-order valence-electron chi connectivity index (χ4n) is 1.67. The van der Waals surface area contributed by atoms with Gasteiger partial charge in [0.15, 0.2) is 8.32 Å². The zero-order chi connectivity index (χ0) is 17.7. The van der Waals surface area contributed by atoms with Crippen molar-refractivity contribution in [3.05, 3.63) is 39.7 Å². The SMILES string of the molecule is CC(C)(C)[Si](C)(C)OCCCOCc1cc([N+](=O)[O-])ccc1F. The number of nitro groups is 1. The number of non-ortho nitro benzene ring substituents is 1. The largest absolute Gasteiger partial charge is 0.417 e. The molecule has 1 aromatic carbocycles. The first-order chi connectivity index (χ1) is 10.5. The Morgan fingerprint density at radius 2 is 1.91 bits per heavy atom. The van der Waals surface area contributed by atoms with E-state index >= 15 is 0 Å². The number of nitro benzene ring substituents is 1. The third-order valence-electron chi connectivity index (χ3n) is 4.20. The van der Waals surface area contributed by atoms with Crippen molar-refractivity contribution in [1.29, 1.82) is 0 Å². The Morgan fingerprint density at radius 3 is 2.48 bits per heavy atom. The van der Waals surface area contributed by atoms with Crippen LogP contribution in [0.4, 0.5) is 10.1 Å². The molecular weight excluding hydrogens is 317 g/mol. The normalized spacial score (nSPS) is 12.4. The van der Waals surface area contributed by atoms with Crippen molar-refractivity contribution in [1.82, 2.24) is 0 Å². The van der Waals surface area contributed by atoms with Gasteiger partial charge in [0, 0.05) is 30.9 Å². The molecular formula is C16H26FNO4Si. The van der Waals surface area contributed by atoms with Crippen molar-refractivity contribution in [2.45, 2.75) is 51.9 Å². The first-order valence-corrected chi connectivity index (χ1v) is 10.6. The topological polar surface area (TPSA) is 61.6 Å². The summed E-state index contributed by atoms with van der Waals surface area (Å²) in [6.45, 7) is 12.0. The van der Waals surface area contributed by atoms with E-state index in [1.807, 2.05) is 0 Å². The maximum absolute atomic E-state index is 13.6. The fourth-order valence-corrected chi connectivity index (χ4v) is 2.76. The van der Waals surface area contributed by atoms with Crippen LogP contribution in [-0.4, -0.2) is 26.5 Å². The molecule has 0 radical (unpaired) electrons. The van der Waals surface area contributed by atoms with E-state index in [0.29, 0.717) is 19.6 Å². The maximum atomic E-state index is 13.6. The molecule has 0 spiro atoms. The van der Waals surface area contributed by atoms with E-state index in [4.69, 9.17) is 9.16 Å². The van der Waals surface area contributed by atoms with Crippen molar-refractivity contribution in [3.63, 3.8) is 0 Å². The van der Waals surface area contributed by atoms with Crippen molar-refractivity contribution in [3.8, 4) is 0 Å². The molecule has 0 atom stereocenters. The number of hydrogen-bond donors (Lipinski definition) is 0. The lowest BCUT2D eigenvalue weighted by atomic mass is 10.2. The molecule has 1 rings (SSSR count). The molecule has 7 heteroatoms. The molecule has 0 unspecified atom stereocenters. The second-order valence-corrected chi connectivity index (χ2v) is 11.9. The van der Waals surface area contributed by atoms with Crippen LogP contribution in [0.3, 0.4) is 0 Å². The van der Waals surface area contributed by atoms with Crippen LogP contribution in [0.5, 0.6) is 0 Å². The second kappa shape index (κ2) is 7.99. The molecule has 0 amide bonds. The third kappa shape index (κ3) is 6.00. The van der Waals surface area contributed by atoms with E-state index in [1.165, 1.54) is 6.07 Å². The summed E-state index contributed by atoms with van der Waals surface area (Å²) in [7, 11) is -1.75. The molecule has 0 N–H and O–H groups in total. The molecule has 0 aliphatic heterocycles. The fraction of sp³-hybridized carbons (Fsp3) is 0.625. The highest BCUT2D eigenvalue weighted by atomic mass is 28.4. The van der Waals surface area contributed by atoms with Gasteiger partial charge in [-0.25, -0.2) is 4.39 Å². The van der Waals surface area contributed by atoms with Gasteiger partial charge in [0.05, 0.1) is 11.5 Å². The standard InChI is InChI=1S/C16H26FNO4Si/c1-16(2,3)23(4,5)22-10-6-9-21-12-13-11-14(18(19)20)7-8-15(13)17/h7-8,11H,6,9-10,12H2,1-5H3. The summed E-state index contributed by atoms with van der Waals surface area (Å²) < 4.78 is 25.0. The first-order valence-electron chi connectivity index (χ1n) is 7.69. The van der Waals surface area contributed by atoms with Crippen LogP contribution >= 0.6 is 0 Å². The minimum absolute atomic E-state index is 0.0214. The molecule has 0 saturated carbocycles. The quantitative estimate of drug-likeness (QED) is 0.298. The molecule has 0 aliphatic carbocycles. The molecule has 0 aromatic heterocycles. The van der Waals surface area contributed by atoms with Crippen LogP contribution in [0.2, 0.25) is 18.1 Å². The van der Waals surface area contributed by atoms with E-state index in [-0.39, 0.29) is 22.9 Å². The van der Waals surface area contributed by atoms with Crippen molar-refractivity contribution in [2.24, 2.45) is 0 Å². The summed E-state index contributed by atoms with van der Waals surface area (Å²) >= 11 is 0. The van der Waals surface area contributed by atoms with Gasteiger partial charge < -0.3 is 9.16 Å².